The number of hydrogen-bond acceptors (Lipinski definition) is 3. The number of benzene rings is 3. The van der Waals surface area contributed by atoms with Gasteiger partial charge in [-0.15, -0.1) is 0 Å². The summed E-state index contributed by atoms with van der Waals surface area (Å²) in [5.74, 6) is 0. The van der Waals surface area contributed by atoms with Gasteiger partial charge in [0.25, 0.3) is 5.69 Å². The molecule has 102 valence electrons. The number of nitrogens with zero attached hydrogens (tertiary/aromatic N) is 2. The monoisotopic (exact) mass is 276 g/mol. The summed E-state index contributed by atoms with van der Waals surface area (Å²) in [6, 6.07) is 20.3. The predicted octanol–water partition coefficient (Wildman–Crippen LogP) is 4.50. The van der Waals surface area contributed by atoms with E-state index in [1.807, 2.05) is 42.5 Å². The fourth-order valence-electron chi connectivity index (χ4n) is 2.18. The number of fused-ring (bicyclic) bond motifs is 1. The fraction of sp³-hybridized carbons (Fsp3) is 0. The summed E-state index contributed by atoms with van der Waals surface area (Å²) in [7, 11) is 0. The molecule has 3 aromatic carbocycles. The van der Waals surface area contributed by atoms with E-state index >= 15 is 0 Å². The van der Waals surface area contributed by atoms with Gasteiger partial charge in [0.05, 0.1) is 10.6 Å². The molecule has 0 amide bonds. The molecule has 0 unspecified atom stereocenters. The second-order valence-electron chi connectivity index (χ2n) is 4.61. The molecule has 0 N–H and O–H groups in total. The second kappa shape index (κ2) is 5.54. The molecule has 0 heterocycles. The summed E-state index contributed by atoms with van der Waals surface area (Å²) >= 11 is 0. The smallest absolute Gasteiger partial charge is 0.258 e. The Labute approximate surface area is 121 Å². The molecule has 3 rings (SSSR count). The van der Waals surface area contributed by atoms with Gasteiger partial charge in [-0.2, -0.15) is 0 Å². The van der Waals surface area contributed by atoms with Crippen molar-refractivity contribution in [3.8, 4) is 0 Å². The molecule has 0 aliphatic rings. The third kappa shape index (κ3) is 2.79. The van der Waals surface area contributed by atoms with Gasteiger partial charge in [-0.3, -0.25) is 15.1 Å². The average Bonchev–Trinajstić information content (AvgIpc) is 2.53. The Kier molecular flexibility index (Phi) is 3.43. The summed E-state index contributed by atoms with van der Waals surface area (Å²) in [6.07, 6.45) is 1.65. The average molecular weight is 276 g/mol. The summed E-state index contributed by atoms with van der Waals surface area (Å²) in [6.45, 7) is 0. The first-order valence-corrected chi connectivity index (χ1v) is 6.50. The molecule has 0 aliphatic heterocycles. The van der Waals surface area contributed by atoms with Crippen LogP contribution in [-0.2, 0) is 0 Å². The van der Waals surface area contributed by atoms with E-state index in [-0.39, 0.29) is 5.69 Å². The van der Waals surface area contributed by atoms with Crippen molar-refractivity contribution < 1.29 is 4.92 Å². The molecule has 0 fully saturated rings. The van der Waals surface area contributed by atoms with Gasteiger partial charge in [0.15, 0.2) is 0 Å². The minimum Gasteiger partial charge on any atom is -0.258 e. The molecule has 0 saturated carbocycles. The molecule has 4 nitrogen and oxygen atoms in total. The minimum atomic E-state index is -0.407. The minimum absolute atomic E-state index is 0.0665. The molecular formula is C17H12N2O2. The van der Waals surface area contributed by atoms with Gasteiger partial charge >= 0.3 is 0 Å². The molecule has 0 bridgehead atoms. The SMILES string of the molecule is O=[N+]([O-])c1cccc(C=Nc2cccc3ccccc23)c1. The van der Waals surface area contributed by atoms with Gasteiger partial charge in [0.1, 0.15) is 0 Å². The van der Waals surface area contributed by atoms with E-state index < -0.39 is 4.92 Å². The molecule has 0 atom stereocenters. The van der Waals surface area contributed by atoms with E-state index in [2.05, 4.69) is 4.99 Å². The van der Waals surface area contributed by atoms with E-state index in [9.17, 15) is 10.1 Å². The van der Waals surface area contributed by atoms with Crippen molar-refractivity contribution in [2.75, 3.05) is 0 Å². The van der Waals surface area contributed by atoms with Crippen LogP contribution in [0.5, 0.6) is 0 Å². The van der Waals surface area contributed by atoms with Gasteiger partial charge in [-0.05, 0) is 17.0 Å². The highest BCUT2D eigenvalue weighted by Crippen LogP contribution is 2.25. The first-order chi connectivity index (χ1) is 10.2. The molecule has 0 aromatic heterocycles. The van der Waals surface area contributed by atoms with Gasteiger partial charge in [-0.1, -0.05) is 48.5 Å². The molecule has 21 heavy (non-hydrogen) atoms. The van der Waals surface area contributed by atoms with Crippen LogP contribution in [0.4, 0.5) is 11.4 Å². The largest absolute Gasteiger partial charge is 0.270 e. The number of aliphatic imine (C=N–C) groups is 1. The van der Waals surface area contributed by atoms with E-state index in [0.29, 0.717) is 5.56 Å². The lowest BCUT2D eigenvalue weighted by molar-refractivity contribution is -0.384. The zero-order valence-corrected chi connectivity index (χ0v) is 11.1. The molecule has 3 aromatic rings. The number of non-ortho nitro benzene ring substituents is 1. The van der Waals surface area contributed by atoms with Gasteiger partial charge < -0.3 is 0 Å². The number of hydrogen-bond donors (Lipinski definition) is 0. The summed E-state index contributed by atoms with van der Waals surface area (Å²) in [4.78, 5) is 14.8. The van der Waals surface area contributed by atoms with Gasteiger partial charge in [0.2, 0.25) is 0 Å². The van der Waals surface area contributed by atoms with E-state index in [1.165, 1.54) is 12.1 Å². The Morgan fingerprint density at radius 1 is 0.952 bits per heavy atom. The van der Waals surface area contributed by atoms with Crippen molar-refractivity contribution in [3.63, 3.8) is 0 Å². The number of rotatable bonds is 3. The van der Waals surface area contributed by atoms with Crippen molar-refractivity contribution in [1.29, 1.82) is 0 Å². The van der Waals surface area contributed by atoms with Crippen LogP contribution in [0.1, 0.15) is 5.56 Å². The van der Waals surface area contributed by atoms with E-state index in [1.54, 1.807) is 18.3 Å². The van der Waals surface area contributed by atoms with Crippen LogP contribution in [-0.4, -0.2) is 11.1 Å². The Balaban J connectivity index is 1.98. The van der Waals surface area contributed by atoms with Gasteiger partial charge in [-0.25, -0.2) is 0 Å². The quantitative estimate of drug-likeness (QED) is 0.402. The zero-order chi connectivity index (χ0) is 14.7. The molecule has 0 aliphatic carbocycles. The normalized spacial score (nSPS) is 11.0. The molecule has 4 heteroatoms. The Hall–Kier alpha value is -3.01. The van der Waals surface area contributed by atoms with Crippen molar-refractivity contribution in [1.82, 2.24) is 0 Å². The van der Waals surface area contributed by atoms with Crippen molar-refractivity contribution in [2.24, 2.45) is 4.99 Å². The summed E-state index contributed by atoms with van der Waals surface area (Å²) in [5.41, 5.74) is 1.62. The first-order valence-electron chi connectivity index (χ1n) is 6.50. The Morgan fingerprint density at radius 3 is 2.57 bits per heavy atom. The van der Waals surface area contributed by atoms with Crippen LogP contribution in [0.25, 0.3) is 10.8 Å². The maximum atomic E-state index is 10.8. The van der Waals surface area contributed by atoms with Crippen molar-refractivity contribution in [2.45, 2.75) is 0 Å². The van der Waals surface area contributed by atoms with Crippen LogP contribution < -0.4 is 0 Å². The lowest BCUT2D eigenvalue weighted by atomic mass is 10.1. The topological polar surface area (TPSA) is 55.5 Å². The highest BCUT2D eigenvalue weighted by atomic mass is 16.6. The lowest BCUT2D eigenvalue weighted by Gasteiger charge is -2.01. The third-order valence-electron chi connectivity index (χ3n) is 3.20. The predicted molar refractivity (Wildman–Crippen MR) is 84.3 cm³/mol. The Morgan fingerprint density at radius 2 is 1.71 bits per heavy atom. The number of nitro groups is 1. The van der Waals surface area contributed by atoms with Crippen LogP contribution in [0.15, 0.2) is 71.7 Å². The van der Waals surface area contributed by atoms with Crippen LogP contribution >= 0.6 is 0 Å². The fourth-order valence-corrected chi connectivity index (χ4v) is 2.18. The van der Waals surface area contributed by atoms with Gasteiger partial charge in [0, 0.05) is 23.7 Å². The van der Waals surface area contributed by atoms with Crippen LogP contribution in [0.2, 0.25) is 0 Å². The Bertz CT molecular complexity index is 836. The molecule has 0 saturated heterocycles. The lowest BCUT2D eigenvalue weighted by Crippen LogP contribution is -1.89. The maximum absolute atomic E-state index is 10.8. The molecular weight excluding hydrogens is 264 g/mol. The highest BCUT2D eigenvalue weighted by Gasteiger charge is 2.04. The highest BCUT2D eigenvalue weighted by molar-refractivity contribution is 5.95. The molecule has 0 radical (unpaired) electrons. The first kappa shape index (κ1) is 13.0. The number of nitro benzene ring substituents is 1. The zero-order valence-electron chi connectivity index (χ0n) is 11.1. The van der Waals surface area contributed by atoms with Crippen LogP contribution in [0, 0.1) is 10.1 Å². The second-order valence-corrected chi connectivity index (χ2v) is 4.61. The summed E-state index contributed by atoms with van der Waals surface area (Å²) < 4.78 is 0. The van der Waals surface area contributed by atoms with E-state index in [4.69, 9.17) is 0 Å². The standard InChI is InChI=1S/C17H12N2O2/c20-19(21)15-8-3-5-13(11-15)12-18-17-10-4-7-14-6-1-2-9-16(14)17/h1-12H. The summed E-state index contributed by atoms with van der Waals surface area (Å²) in [5, 5.41) is 12.9. The third-order valence-corrected chi connectivity index (χ3v) is 3.20. The van der Waals surface area contributed by atoms with Crippen molar-refractivity contribution in [3.05, 3.63) is 82.4 Å². The van der Waals surface area contributed by atoms with Crippen LogP contribution in [0.3, 0.4) is 0 Å². The maximum Gasteiger partial charge on any atom is 0.270 e. The van der Waals surface area contributed by atoms with E-state index in [0.717, 1.165) is 16.5 Å². The molecule has 0 spiro atoms. The van der Waals surface area contributed by atoms with Crippen molar-refractivity contribution >= 4 is 28.4 Å².